The highest BCUT2D eigenvalue weighted by Crippen LogP contribution is 2.68. The highest BCUT2D eigenvalue weighted by Gasteiger charge is 2.59. The van der Waals surface area contributed by atoms with Gasteiger partial charge in [-0.25, -0.2) is 0 Å². The molecule has 70 heavy (non-hydrogen) atoms. The van der Waals surface area contributed by atoms with Crippen LogP contribution in [0.25, 0.3) is 0 Å². The van der Waals surface area contributed by atoms with Gasteiger partial charge in [-0.2, -0.15) is 0 Å². The molecule has 0 amide bonds. The van der Waals surface area contributed by atoms with E-state index in [1.54, 1.807) is 0 Å². The van der Waals surface area contributed by atoms with Crippen LogP contribution in [0.2, 0.25) is 0 Å². The fourth-order valence-electron chi connectivity index (χ4n) is 16.5. The first-order valence-electron chi connectivity index (χ1n) is 27.8. The lowest BCUT2D eigenvalue weighted by Gasteiger charge is -2.56. The smallest absolute Gasteiger partial charge is 0.0131 e. The topological polar surface area (TPSA) is 0 Å². The van der Waals surface area contributed by atoms with Gasteiger partial charge in [-0.15, -0.1) is 0 Å². The summed E-state index contributed by atoms with van der Waals surface area (Å²) in [6.07, 6.45) is 31.6. The zero-order chi connectivity index (χ0) is 51.6. The van der Waals surface area contributed by atoms with Gasteiger partial charge < -0.3 is 0 Å². The lowest BCUT2D eigenvalue weighted by molar-refractivity contribution is -0.0638. The van der Waals surface area contributed by atoms with E-state index in [1.165, 1.54) is 103 Å². The largest absolute Gasteiger partial charge is 0.0885 e. The van der Waals surface area contributed by atoms with Crippen molar-refractivity contribution < 1.29 is 0 Å². The summed E-state index contributed by atoms with van der Waals surface area (Å²) in [5, 5.41) is 0. The quantitative estimate of drug-likeness (QED) is 0.212. The van der Waals surface area contributed by atoms with Crippen molar-refractivity contribution in [1.82, 2.24) is 0 Å². The fraction of sp³-hybridized carbons (Fsp3) is 0.943. The molecule has 0 nitrogen and oxygen atoms in total. The molecular weight excluding hydrogens is 841 g/mol. The van der Waals surface area contributed by atoms with E-state index in [0.717, 1.165) is 0 Å². The van der Waals surface area contributed by atoms with E-state index in [0.29, 0.717) is 81.2 Å². The van der Waals surface area contributed by atoms with Crippen LogP contribution in [-0.2, 0) is 0 Å². The molecule has 3 saturated carbocycles. The van der Waals surface area contributed by atoms with E-state index >= 15 is 0 Å². The van der Waals surface area contributed by atoms with E-state index in [4.69, 9.17) is 0 Å². The molecule has 0 unspecified atom stereocenters. The van der Waals surface area contributed by atoms with Crippen molar-refractivity contribution in [3.63, 3.8) is 0 Å². The highest BCUT2D eigenvalue weighted by atomic mass is 14.6. The summed E-state index contributed by atoms with van der Waals surface area (Å²) < 4.78 is 0. The molecule has 0 saturated heterocycles. The molecule has 0 aromatic rings. The number of allylic oxidation sites excluding steroid dienone is 4. The normalized spacial score (nSPS) is 21.4. The van der Waals surface area contributed by atoms with Crippen LogP contribution in [0.4, 0.5) is 0 Å². The molecule has 0 aromatic heterocycles. The maximum absolute atomic E-state index is 2.43. The zero-order valence-electron chi connectivity index (χ0n) is 51.1. The van der Waals surface area contributed by atoms with E-state index < -0.39 is 0 Å². The van der Waals surface area contributed by atoms with E-state index in [-0.39, 0.29) is 37.1 Å². The predicted octanol–water partition coefficient (Wildman–Crippen LogP) is 25.9. The molecule has 5 aliphatic rings. The Hall–Kier alpha value is -0.520. The second-order valence-electron chi connectivity index (χ2n) is 33.3. The van der Waals surface area contributed by atoms with Crippen LogP contribution in [0.1, 0.15) is 348 Å². The molecule has 5 aliphatic carbocycles. The van der Waals surface area contributed by atoms with Crippen molar-refractivity contribution in [2.24, 2.45) is 81.2 Å². The molecular formula is C70H146. The van der Waals surface area contributed by atoms with Crippen molar-refractivity contribution >= 4 is 0 Å². The zero-order valence-corrected chi connectivity index (χ0v) is 51.1. The van der Waals surface area contributed by atoms with E-state index in [2.05, 4.69) is 232 Å². The Morgan fingerprint density at radius 1 is 0.200 bits per heavy atom. The van der Waals surface area contributed by atoms with Gasteiger partial charge >= 0.3 is 0 Å². The Kier molecular flexibility index (Phi) is 29.1. The monoisotopic (exact) mass is 987 g/mol. The van der Waals surface area contributed by atoms with Crippen LogP contribution in [0.5, 0.6) is 0 Å². The van der Waals surface area contributed by atoms with Crippen LogP contribution in [0.3, 0.4) is 0 Å². The first-order valence-corrected chi connectivity index (χ1v) is 27.8. The summed E-state index contributed by atoms with van der Waals surface area (Å²) in [4.78, 5) is 0. The molecule has 0 bridgehead atoms. The van der Waals surface area contributed by atoms with Gasteiger partial charge in [0.05, 0.1) is 0 Å². The Labute approximate surface area is 451 Å². The summed E-state index contributed by atoms with van der Waals surface area (Å²) in [7, 11) is 0. The minimum absolute atomic E-state index is 0. The van der Waals surface area contributed by atoms with Crippen LogP contribution in [-0.4, -0.2) is 0 Å². The van der Waals surface area contributed by atoms with Crippen molar-refractivity contribution in [1.29, 1.82) is 0 Å². The van der Waals surface area contributed by atoms with Gasteiger partial charge in [-0.05, 0) is 152 Å². The number of hydrogen-bond acceptors (Lipinski definition) is 0. The predicted molar refractivity (Wildman–Crippen MR) is 333 cm³/mol. The van der Waals surface area contributed by atoms with Gasteiger partial charge in [0.25, 0.3) is 0 Å². The van der Waals surface area contributed by atoms with Gasteiger partial charge in [-0.3, -0.25) is 0 Å². The third-order valence-corrected chi connectivity index (χ3v) is 20.7. The van der Waals surface area contributed by atoms with Crippen LogP contribution >= 0.6 is 0 Å². The Bertz CT molecular complexity index is 1350. The molecule has 0 aliphatic heterocycles. The van der Waals surface area contributed by atoms with E-state index in [1.807, 2.05) is 0 Å². The second kappa shape index (κ2) is 26.0. The lowest BCUT2D eigenvalue weighted by Crippen LogP contribution is -2.47. The van der Waals surface area contributed by atoms with Crippen molar-refractivity contribution in [3.05, 3.63) is 24.3 Å². The minimum atomic E-state index is 0. The summed E-state index contributed by atoms with van der Waals surface area (Å²) >= 11 is 0. The average molecular weight is 988 g/mol. The highest BCUT2D eigenvalue weighted by molar-refractivity contribution is 5.12. The molecule has 0 radical (unpaired) electrons. The van der Waals surface area contributed by atoms with Crippen LogP contribution < -0.4 is 0 Å². The summed E-state index contributed by atoms with van der Waals surface area (Å²) in [5.41, 5.74) is 7.07. The van der Waals surface area contributed by atoms with Gasteiger partial charge in [0.2, 0.25) is 0 Å². The molecule has 3 fully saturated rings. The SMILES string of the molecule is C.C.C.C.C.CC(C)(C)C1(C(C)(C)C)CC1.CC(C)(C)C1(C(C)(C)C)CC=CC1.CC(C)(C)C1(C(C)(C)C)CC=CCC1.CC(C)(C)C1(C(C)(C)C)CCCC1.CC(C)(C)C1(C(C)(C)C)CCCCC1. The number of hydrogen-bond donors (Lipinski definition) is 0. The Morgan fingerprint density at radius 2 is 0.386 bits per heavy atom. The summed E-state index contributed by atoms with van der Waals surface area (Å²) in [6.45, 7) is 72.1. The number of rotatable bonds is 0. The molecule has 0 heteroatoms. The molecule has 0 N–H and O–H groups in total. The van der Waals surface area contributed by atoms with Crippen LogP contribution in [0.15, 0.2) is 24.3 Å². The van der Waals surface area contributed by atoms with Crippen molar-refractivity contribution in [2.45, 2.75) is 348 Å². The Morgan fingerprint density at radius 3 is 0.514 bits per heavy atom. The average Bonchev–Trinajstić information content (AvgIpc) is 3.50. The molecule has 0 aromatic carbocycles. The second-order valence-corrected chi connectivity index (χ2v) is 33.3. The van der Waals surface area contributed by atoms with Crippen molar-refractivity contribution in [3.8, 4) is 0 Å². The first kappa shape index (κ1) is 78.4. The molecule has 426 valence electrons. The van der Waals surface area contributed by atoms with Crippen molar-refractivity contribution in [2.75, 3.05) is 0 Å². The third-order valence-electron chi connectivity index (χ3n) is 20.7. The molecule has 5 rings (SSSR count). The maximum atomic E-state index is 2.43. The van der Waals surface area contributed by atoms with Crippen LogP contribution in [0, 0.1) is 81.2 Å². The van der Waals surface area contributed by atoms with Gasteiger partial charge in [0.1, 0.15) is 0 Å². The summed E-state index contributed by atoms with van der Waals surface area (Å²) in [5.74, 6) is 0. The minimum Gasteiger partial charge on any atom is -0.0885 e. The summed E-state index contributed by atoms with van der Waals surface area (Å²) in [6, 6.07) is 0. The third kappa shape index (κ3) is 17.0. The van der Waals surface area contributed by atoms with E-state index in [9.17, 15) is 0 Å². The van der Waals surface area contributed by atoms with Gasteiger partial charge in [-0.1, -0.05) is 301 Å². The molecule has 0 spiro atoms. The fourth-order valence-corrected chi connectivity index (χ4v) is 16.5. The standard InChI is InChI=1S/C14H28.C14H26.C13H26.C13H24.C11H22.5CH4/c2*1-12(2,3)14(13(4,5)6)10-8-7-9-11-14;2*1-11(2,3)13(12(4,5)6)9-7-8-10-13;1-9(2,3)11(7-8-11)10(4,5)6;;;;;/h7-11H2,1-6H3;7-8H,9-11H2,1-6H3;7-10H2,1-6H3;7-8H,9-10H2,1-6H3;7-8H2,1-6H3;5*1H4. The van der Waals surface area contributed by atoms with Gasteiger partial charge in [0.15, 0.2) is 0 Å². The maximum Gasteiger partial charge on any atom is -0.0131 e. The first-order chi connectivity index (χ1) is 28.5. The van der Waals surface area contributed by atoms with Gasteiger partial charge in [0, 0.05) is 0 Å². The molecule has 0 atom stereocenters. The Balaban J connectivity index is -0.000000248. The molecule has 0 heterocycles. The lowest BCUT2D eigenvalue weighted by atomic mass is 9.49.